The molecule has 1 aromatic rings. The third kappa shape index (κ3) is 1.50. The van der Waals surface area contributed by atoms with Gasteiger partial charge in [0.2, 0.25) is 0 Å². The molecule has 90 valence electrons. The normalized spacial score (nSPS) is 31.9. The summed E-state index contributed by atoms with van der Waals surface area (Å²) in [6.45, 7) is 3.91. The van der Waals surface area contributed by atoms with E-state index in [0.717, 1.165) is 12.1 Å². The van der Waals surface area contributed by atoms with Gasteiger partial charge in [-0.25, -0.2) is 0 Å². The molecule has 2 nitrogen and oxygen atoms in total. The first-order valence-electron chi connectivity index (χ1n) is 7.00. The first-order valence-corrected chi connectivity index (χ1v) is 7.00. The highest BCUT2D eigenvalue weighted by Gasteiger charge is 2.38. The summed E-state index contributed by atoms with van der Waals surface area (Å²) in [6.07, 6.45) is 5.44. The fraction of sp³-hybridized carbons (Fsp3) is 0.600. The maximum Gasteiger partial charge on any atom is 0.0421 e. The molecule has 0 aliphatic carbocycles. The highest BCUT2D eigenvalue weighted by atomic mass is 15.3. The maximum absolute atomic E-state index is 2.73. The molecule has 0 aromatic heterocycles. The average molecular weight is 228 g/mol. The van der Waals surface area contributed by atoms with Crippen molar-refractivity contribution in [2.75, 3.05) is 24.5 Å². The summed E-state index contributed by atoms with van der Waals surface area (Å²) in [6, 6.07) is 10.6. The van der Waals surface area contributed by atoms with Crippen LogP contribution in [-0.2, 0) is 6.42 Å². The molecule has 0 N–H and O–H groups in total. The molecule has 2 heteroatoms. The number of nitrogens with zero attached hydrogens (tertiary/aromatic N) is 2. The van der Waals surface area contributed by atoms with Gasteiger partial charge in [0.1, 0.15) is 0 Å². The molecular formula is C15H20N2. The van der Waals surface area contributed by atoms with Gasteiger partial charge in [0.25, 0.3) is 0 Å². The Morgan fingerprint density at radius 3 is 2.94 bits per heavy atom. The van der Waals surface area contributed by atoms with E-state index in [1.165, 1.54) is 51.0 Å². The zero-order valence-corrected chi connectivity index (χ0v) is 10.3. The lowest BCUT2D eigenvalue weighted by molar-refractivity contribution is 0.189. The number of hydrogen-bond donors (Lipinski definition) is 0. The minimum Gasteiger partial charge on any atom is -0.365 e. The van der Waals surface area contributed by atoms with E-state index in [0.29, 0.717) is 0 Å². The SMILES string of the molecule is c1ccc2c(c1)CCC1CN3CCC[C@H]3CN21. The lowest BCUT2D eigenvalue weighted by atomic mass is 9.92. The fourth-order valence-corrected chi connectivity index (χ4v) is 3.95. The Bertz CT molecular complexity index is 429. The van der Waals surface area contributed by atoms with E-state index in [4.69, 9.17) is 0 Å². The van der Waals surface area contributed by atoms with Gasteiger partial charge in [0, 0.05) is 30.9 Å². The van der Waals surface area contributed by atoms with Crippen LogP contribution in [0.4, 0.5) is 5.69 Å². The summed E-state index contributed by atoms with van der Waals surface area (Å²) in [5, 5.41) is 0. The van der Waals surface area contributed by atoms with Crippen LogP contribution in [-0.4, -0.2) is 36.6 Å². The second-order valence-corrected chi connectivity index (χ2v) is 5.76. The van der Waals surface area contributed by atoms with E-state index in [2.05, 4.69) is 34.1 Å². The summed E-state index contributed by atoms with van der Waals surface area (Å²) in [4.78, 5) is 5.43. The molecular weight excluding hydrogens is 208 g/mol. The fourth-order valence-electron chi connectivity index (χ4n) is 3.95. The number of fused-ring (bicyclic) bond motifs is 4. The van der Waals surface area contributed by atoms with Crippen molar-refractivity contribution in [1.82, 2.24) is 4.90 Å². The summed E-state index contributed by atoms with van der Waals surface area (Å²) in [7, 11) is 0. The highest BCUT2D eigenvalue weighted by Crippen LogP contribution is 2.35. The predicted molar refractivity (Wildman–Crippen MR) is 70.5 cm³/mol. The van der Waals surface area contributed by atoms with Crippen molar-refractivity contribution in [3.05, 3.63) is 29.8 Å². The lowest BCUT2D eigenvalue weighted by Crippen LogP contribution is -2.57. The van der Waals surface area contributed by atoms with Crippen LogP contribution in [0.2, 0.25) is 0 Å². The van der Waals surface area contributed by atoms with Crippen LogP contribution in [0.25, 0.3) is 0 Å². The van der Waals surface area contributed by atoms with Crippen molar-refractivity contribution < 1.29 is 0 Å². The molecule has 0 saturated carbocycles. The van der Waals surface area contributed by atoms with Crippen LogP contribution < -0.4 is 4.90 Å². The Morgan fingerprint density at radius 1 is 1.00 bits per heavy atom. The topological polar surface area (TPSA) is 6.48 Å². The molecule has 2 atom stereocenters. The van der Waals surface area contributed by atoms with Gasteiger partial charge < -0.3 is 4.90 Å². The Morgan fingerprint density at radius 2 is 1.94 bits per heavy atom. The Balaban J connectivity index is 1.69. The van der Waals surface area contributed by atoms with Crippen molar-refractivity contribution in [3.8, 4) is 0 Å². The molecule has 0 amide bonds. The summed E-state index contributed by atoms with van der Waals surface area (Å²) < 4.78 is 0. The number of aryl methyl sites for hydroxylation is 1. The summed E-state index contributed by atoms with van der Waals surface area (Å²) in [5.41, 5.74) is 3.09. The van der Waals surface area contributed by atoms with E-state index in [9.17, 15) is 0 Å². The van der Waals surface area contributed by atoms with Gasteiger partial charge >= 0.3 is 0 Å². The Hall–Kier alpha value is -1.02. The van der Waals surface area contributed by atoms with Crippen molar-refractivity contribution in [1.29, 1.82) is 0 Å². The van der Waals surface area contributed by atoms with E-state index >= 15 is 0 Å². The van der Waals surface area contributed by atoms with Gasteiger partial charge in [-0.1, -0.05) is 18.2 Å². The zero-order chi connectivity index (χ0) is 11.2. The van der Waals surface area contributed by atoms with Gasteiger partial charge in [-0.15, -0.1) is 0 Å². The van der Waals surface area contributed by atoms with Crippen LogP contribution in [0, 0.1) is 0 Å². The molecule has 0 bridgehead atoms. The molecule has 0 radical (unpaired) electrons. The largest absolute Gasteiger partial charge is 0.365 e. The minimum absolute atomic E-state index is 0.777. The van der Waals surface area contributed by atoms with Gasteiger partial charge in [-0.2, -0.15) is 0 Å². The Labute approximate surface area is 103 Å². The van der Waals surface area contributed by atoms with Gasteiger partial charge in [-0.3, -0.25) is 4.90 Å². The number of benzene rings is 1. The van der Waals surface area contributed by atoms with Gasteiger partial charge in [0.05, 0.1) is 0 Å². The lowest BCUT2D eigenvalue weighted by Gasteiger charge is -2.48. The molecule has 3 heterocycles. The molecule has 2 saturated heterocycles. The number of rotatable bonds is 0. The maximum atomic E-state index is 2.73. The molecule has 2 fully saturated rings. The standard InChI is InChI=1S/C15H20N2/c1-2-6-15-12(4-1)7-8-14-10-16-9-3-5-13(16)11-17(14)15/h1-2,4,6,13-14H,3,5,7-11H2/t13-,14?/m0/s1. The molecule has 3 aliphatic heterocycles. The predicted octanol–water partition coefficient (Wildman–Crippen LogP) is 2.29. The zero-order valence-electron chi connectivity index (χ0n) is 10.3. The molecule has 1 unspecified atom stereocenters. The quantitative estimate of drug-likeness (QED) is 0.672. The van der Waals surface area contributed by atoms with Crippen molar-refractivity contribution in [3.63, 3.8) is 0 Å². The molecule has 4 rings (SSSR count). The second kappa shape index (κ2) is 3.74. The number of anilines is 1. The number of hydrogen-bond acceptors (Lipinski definition) is 2. The van der Waals surface area contributed by atoms with Crippen LogP contribution in [0.1, 0.15) is 24.8 Å². The van der Waals surface area contributed by atoms with Crippen molar-refractivity contribution in [2.45, 2.75) is 37.8 Å². The van der Waals surface area contributed by atoms with Gasteiger partial charge in [0.15, 0.2) is 0 Å². The average Bonchev–Trinajstić information content (AvgIpc) is 2.83. The van der Waals surface area contributed by atoms with Gasteiger partial charge in [-0.05, 0) is 43.9 Å². The van der Waals surface area contributed by atoms with Crippen molar-refractivity contribution in [2.24, 2.45) is 0 Å². The van der Waals surface area contributed by atoms with Crippen LogP contribution in [0.3, 0.4) is 0 Å². The van der Waals surface area contributed by atoms with E-state index in [1.54, 1.807) is 5.56 Å². The molecule has 3 aliphatic rings. The summed E-state index contributed by atoms with van der Waals surface area (Å²) >= 11 is 0. The number of piperazine rings is 1. The van der Waals surface area contributed by atoms with E-state index in [1.807, 2.05) is 0 Å². The first-order chi connectivity index (χ1) is 8.42. The second-order valence-electron chi connectivity index (χ2n) is 5.76. The highest BCUT2D eigenvalue weighted by molar-refractivity contribution is 5.57. The van der Waals surface area contributed by atoms with Crippen LogP contribution >= 0.6 is 0 Å². The first kappa shape index (κ1) is 9.95. The Kier molecular flexibility index (Phi) is 2.19. The van der Waals surface area contributed by atoms with Crippen LogP contribution in [0.5, 0.6) is 0 Å². The minimum atomic E-state index is 0.777. The third-order valence-corrected chi connectivity index (χ3v) is 4.84. The monoisotopic (exact) mass is 228 g/mol. The van der Waals surface area contributed by atoms with Crippen molar-refractivity contribution >= 4 is 5.69 Å². The smallest absolute Gasteiger partial charge is 0.0421 e. The summed E-state index contributed by atoms with van der Waals surface area (Å²) in [5.74, 6) is 0. The molecule has 1 aromatic carbocycles. The van der Waals surface area contributed by atoms with E-state index in [-0.39, 0.29) is 0 Å². The third-order valence-electron chi connectivity index (χ3n) is 4.84. The number of para-hydroxylation sites is 1. The van der Waals surface area contributed by atoms with E-state index < -0.39 is 0 Å². The van der Waals surface area contributed by atoms with Crippen LogP contribution in [0.15, 0.2) is 24.3 Å². The molecule has 17 heavy (non-hydrogen) atoms. The molecule has 0 spiro atoms.